The minimum atomic E-state index is -0.452. The zero-order chi connectivity index (χ0) is 14.2. The van der Waals surface area contributed by atoms with E-state index in [1.54, 1.807) is 6.07 Å². The Balaban J connectivity index is 2.37. The highest BCUT2D eigenvalue weighted by atomic mass is 19.1. The second-order valence-corrected chi connectivity index (χ2v) is 5.84. The largest absolute Gasteiger partial charge is 0.330 e. The summed E-state index contributed by atoms with van der Waals surface area (Å²) in [5.74, 6) is -0.456. The molecule has 0 amide bonds. The molecule has 1 heterocycles. The molecule has 0 radical (unpaired) electrons. The van der Waals surface area contributed by atoms with Gasteiger partial charge in [0.2, 0.25) is 0 Å². The summed E-state index contributed by atoms with van der Waals surface area (Å²) in [6.45, 7) is 5.32. The van der Waals surface area contributed by atoms with E-state index in [4.69, 9.17) is 5.73 Å². The van der Waals surface area contributed by atoms with Crippen LogP contribution in [-0.4, -0.2) is 25.0 Å². The Morgan fingerprint density at radius 3 is 2.53 bits per heavy atom. The number of rotatable bonds is 3. The fourth-order valence-electron chi connectivity index (χ4n) is 2.92. The Kier molecular flexibility index (Phi) is 4.21. The zero-order valence-corrected chi connectivity index (χ0v) is 11.8. The first kappa shape index (κ1) is 14.4. The molecule has 1 aromatic carbocycles. The van der Waals surface area contributed by atoms with E-state index in [1.807, 2.05) is 20.9 Å². The standard InChI is InChI=1S/C15H22F2N2/c1-9(2)11-5-12(14(17)6-13(11)16)15-4-10(7-18)8-19(15)3/h5-6,9-10,15H,4,7-8,18H2,1-3H3. The number of halogens is 2. The minimum Gasteiger partial charge on any atom is -0.330 e. The van der Waals surface area contributed by atoms with E-state index in [0.29, 0.717) is 23.6 Å². The van der Waals surface area contributed by atoms with Crippen molar-refractivity contribution in [2.75, 3.05) is 20.1 Å². The van der Waals surface area contributed by atoms with Gasteiger partial charge < -0.3 is 5.73 Å². The summed E-state index contributed by atoms with van der Waals surface area (Å²) in [5.41, 5.74) is 6.88. The summed E-state index contributed by atoms with van der Waals surface area (Å²) in [6, 6.07) is 2.72. The Labute approximate surface area is 113 Å². The maximum atomic E-state index is 14.1. The molecule has 0 saturated carbocycles. The molecule has 2 N–H and O–H groups in total. The van der Waals surface area contributed by atoms with Gasteiger partial charge >= 0.3 is 0 Å². The van der Waals surface area contributed by atoms with Gasteiger partial charge in [0.1, 0.15) is 11.6 Å². The lowest BCUT2D eigenvalue weighted by atomic mass is 9.94. The predicted molar refractivity (Wildman–Crippen MR) is 73.0 cm³/mol. The van der Waals surface area contributed by atoms with Crippen molar-refractivity contribution in [1.82, 2.24) is 4.90 Å². The average Bonchev–Trinajstić information content (AvgIpc) is 2.70. The molecule has 1 aliphatic rings. The predicted octanol–water partition coefficient (Wildman–Crippen LogP) is 3.04. The number of hydrogen-bond donors (Lipinski definition) is 1. The second-order valence-electron chi connectivity index (χ2n) is 5.84. The molecule has 2 rings (SSSR count). The summed E-state index contributed by atoms with van der Waals surface area (Å²) in [7, 11) is 1.97. The van der Waals surface area contributed by atoms with Crippen molar-refractivity contribution >= 4 is 0 Å². The van der Waals surface area contributed by atoms with E-state index >= 15 is 0 Å². The fraction of sp³-hybridized carbons (Fsp3) is 0.600. The topological polar surface area (TPSA) is 29.3 Å². The second kappa shape index (κ2) is 5.55. The molecule has 4 heteroatoms. The van der Waals surface area contributed by atoms with E-state index in [0.717, 1.165) is 19.0 Å². The highest BCUT2D eigenvalue weighted by Crippen LogP contribution is 2.36. The summed E-state index contributed by atoms with van der Waals surface area (Å²) >= 11 is 0. The molecule has 1 fully saturated rings. The van der Waals surface area contributed by atoms with Gasteiger partial charge in [-0.1, -0.05) is 13.8 Å². The van der Waals surface area contributed by atoms with E-state index in [2.05, 4.69) is 4.90 Å². The molecule has 0 spiro atoms. The molecular formula is C15H22F2N2. The molecule has 1 aliphatic heterocycles. The molecule has 0 bridgehead atoms. The average molecular weight is 268 g/mol. The first-order valence-corrected chi connectivity index (χ1v) is 6.83. The highest BCUT2D eigenvalue weighted by molar-refractivity contribution is 5.31. The molecule has 2 unspecified atom stereocenters. The van der Waals surface area contributed by atoms with Gasteiger partial charge in [0.25, 0.3) is 0 Å². The van der Waals surface area contributed by atoms with Crippen LogP contribution in [0.2, 0.25) is 0 Å². The van der Waals surface area contributed by atoms with Gasteiger partial charge in [-0.05, 0) is 43.5 Å². The van der Waals surface area contributed by atoms with Crippen molar-refractivity contribution < 1.29 is 8.78 Å². The smallest absolute Gasteiger partial charge is 0.130 e. The van der Waals surface area contributed by atoms with Crippen LogP contribution in [0.1, 0.15) is 43.4 Å². The summed E-state index contributed by atoms with van der Waals surface area (Å²) in [4.78, 5) is 2.11. The number of benzene rings is 1. The van der Waals surface area contributed by atoms with Crippen LogP contribution in [0.4, 0.5) is 8.78 Å². The van der Waals surface area contributed by atoms with Crippen LogP contribution in [0.15, 0.2) is 12.1 Å². The lowest BCUT2D eigenvalue weighted by molar-refractivity contribution is 0.306. The quantitative estimate of drug-likeness (QED) is 0.913. The van der Waals surface area contributed by atoms with Crippen molar-refractivity contribution in [3.63, 3.8) is 0 Å². The van der Waals surface area contributed by atoms with Gasteiger partial charge in [-0.3, -0.25) is 4.90 Å². The van der Waals surface area contributed by atoms with Crippen LogP contribution in [-0.2, 0) is 0 Å². The molecule has 1 saturated heterocycles. The van der Waals surface area contributed by atoms with Crippen LogP contribution < -0.4 is 5.73 Å². The van der Waals surface area contributed by atoms with E-state index < -0.39 is 11.6 Å². The summed E-state index contributed by atoms with van der Waals surface area (Å²) in [6.07, 6.45) is 0.840. The summed E-state index contributed by atoms with van der Waals surface area (Å²) in [5, 5.41) is 0. The lowest BCUT2D eigenvalue weighted by Gasteiger charge is -2.22. The first-order valence-electron chi connectivity index (χ1n) is 6.83. The Bertz CT molecular complexity index is 460. The van der Waals surface area contributed by atoms with Crippen molar-refractivity contribution in [3.8, 4) is 0 Å². The van der Waals surface area contributed by atoms with Gasteiger partial charge in [0.15, 0.2) is 0 Å². The van der Waals surface area contributed by atoms with Crippen molar-refractivity contribution in [2.45, 2.75) is 32.2 Å². The maximum absolute atomic E-state index is 14.1. The van der Waals surface area contributed by atoms with Crippen molar-refractivity contribution in [1.29, 1.82) is 0 Å². The summed E-state index contributed by atoms with van der Waals surface area (Å²) < 4.78 is 27.8. The van der Waals surface area contributed by atoms with Gasteiger partial charge in [0, 0.05) is 24.2 Å². The fourth-order valence-corrected chi connectivity index (χ4v) is 2.92. The van der Waals surface area contributed by atoms with Crippen LogP contribution >= 0.6 is 0 Å². The molecule has 0 aromatic heterocycles. The number of nitrogens with two attached hydrogens (primary N) is 1. The Hall–Kier alpha value is -1.00. The van der Waals surface area contributed by atoms with E-state index in [1.165, 1.54) is 0 Å². The number of hydrogen-bond acceptors (Lipinski definition) is 2. The van der Waals surface area contributed by atoms with Crippen LogP contribution in [0.5, 0.6) is 0 Å². The zero-order valence-electron chi connectivity index (χ0n) is 11.8. The molecule has 0 aliphatic carbocycles. The van der Waals surface area contributed by atoms with E-state index in [-0.39, 0.29) is 12.0 Å². The van der Waals surface area contributed by atoms with Crippen molar-refractivity contribution in [3.05, 3.63) is 34.9 Å². The third-order valence-corrected chi connectivity index (χ3v) is 4.07. The first-order chi connectivity index (χ1) is 8.93. The maximum Gasteiger partial charge on any atom is 0.130 e. The lowest BCUT2D eigenvalue weighted by Crippen LogP contribution is -2.21. The number of likely N-dealkylation sites (tertiary alicyclic amines) is 1. The normalized spacial score (nSPS) is 24.4. The van der Waals surface area contributed by atoms with Crippen LogP contribution in [0.25, 0.3) is 0 Å². The monoisotopic (exact) mass is 268 g/mol. The molecule has 19 heavy (non-hydrogen) atoms. The molecule has 1 aromatic rings. The van der Waals surface area contributed by atoms with Gasteiger partial charge in [-0.25, -0.2) is 8.78 Å². The van der Waals surface area contributed by atoms with Gasteiger partial charge in [-0.2, -0.15) is 0 Å². The van der Waals surface area contributed by atoms with Crippen LogP contribution in [0, 0.1) is 17.6 Å². The number of nitrogens with zero attached hydrogens (tertiary/aromatic N) is 1. The Morgan fingerprint density at radius 1 is 1.32 bits per heavy atom. The highest BCUT2D eigenvalue weighted by Gasteiger charge is 2.32. The van der Waals surface area contributed by atoms with Crippen LogP contribution in [0.3, 0.4) is 0 Å². The Morgan fingerprint density at radius 2 is 2.00 bits per heavy atom. The molecule has 106 valence electrons. The molecular weight excluding hydrogens is 246 g/mol. The SMILES string of the molecule is CC(C)c1cc(C2CC(CN)CN2C)c(F)cc1F. The molecule has 2 atom stereocenters. The van der Waals surface area contributed by atoms with Crippen molar-refractivity contribution in [2.24, 2.45) is 11.7 Å². The minimum absolute atomic E-state index is 0.00616. The van der Waals surface area contributed by atoms with Gasteiger partial charge in [0.05, 0.1) is 0 Å². The third kappa shape index (κ3) is 2.79. The third-order valence-electron chi connectivity index (χ3n) is 4.07. The van der Waals surface area contributed by atoms with E-state index in [9.17, 15) is 8.78 Å². The molecule has 2 nitrogen and oxygen atoms in total. The van der Waals surface area contributed by atoms with Gasteiger partial charge in [-0.15, -0.1) is 0 Å².